The number of benzene rings is 1. The van der Waals surface area contributed by atoms with E-state index in [4.69, 9.17) is 0 Å². The van der Waals surface area contributed by atoms with Gasteiger partial charge in [-0.1, -0.05) is 29.0 Å². The average molecular weight is 357 g/mol. The molecule has 0 spiro atoms. The Hall–Kier alpha value is -2.03. The number of aromatic nitrogens is 4. The Morgan fingerprint density at radius 1 is 1.04 bits per heavy atom. The van der Waals surface area contributed by atoms with Gasteiger partial charge >= 0.3 is 0 Å². The van der Waals surface area contributed by atoms with Gasteiger partial charge in [0.2, 0.25) is 5.13 Å². The summed E-state index contributed by atoms with van der Waals surface area (Å²) in [6.07, 6.45) is 1.59. The van der Waals surface area contributed by atoms with Crippen molar-refractivity contribution in [1.29, 1.82) is 0 Å². The van der Waals surface area contributed by atoms with Gasteiger partial charge in [-0.15, -0.1) is 21.5 Å². The minimum absolute atomic E-state index is 0.770. The third-order valence-electron chi connectivity index (χ3n) is 3.12. The Bertz CT molecular complexity index is 945. The molecule has 0 amide bonds. The maximum Gasteiger partial charge on any atom is 0.210 e. The van der Waals surface area contributed by atoms with Crippen LogP contribution in [0.4, 0.5) is 10.8 Å². The van der Waals surface area contributed by atoms with Gasteiger partial charge in [-0.2, -0.15) is 0 Å². The first-order valence-electron chi connectivity index (χ1n) is 6.81. The van der Waals surface area contributed by atoms with Crippen LogP contribution in [0.25, 0.3) is 10.2 Å². The van der Waals surface area contributed by atoms with Crippen LogP contribution in [0.3, 0.4) is 0 Å². The number of nitrogens with zero attached hydrogens (tertiary/aromatic N) is 4. The first-order chi connectivity index (χ1) is 11.3. The summed E-state index contributed by atoms with van der Waals surface area (Å²) in [4.78, 5) is 9.61. The predicted octanol–water partition coefficient (Wildman–Crippen LogP) is 4.75. The van der Waals surface area contributed by atoms with Gasteiger partial charge in [0.25, 0.3) is 0 Å². The molecule has 23 heavy (non-hydrogen) atoms. The zero-order chi connectivity index (χ0) is 15.6. The summed E-state index contributed by atoms with van der Waals surface area (Å²) < 4.78 is 0.853. The molecule has 0 atom stereocenters. The molecule has 4 rings (SSSR count). The molecule has 0 saturated carbocycles. The lowest BCUT2D eigenvalue weighted by atomic mass is 10.2. The molecule has 8 heteroatoms. The van der Waals surface area contributed by atoms with Gasteiger partial charge in [0.15, 0.2) is 4.34 Å². The zero-order valence-corrected chi connectivity index (χ0v) is 14.5. The van der Waals surface area contributed by atoms with Crippen LogP contribution in [0.2, 0.25) is 0 Å². The number of anilines is 2. The molecule has 0 aliphatic rings. The van der Waals surface area contributed by atoms with Crippen molar-refractivity contribution in [3.05, 3.63) is 47.6 Å². The third-order valence-corrected chi connectivity index (χ3v) is 5.85. The normalized spacial score (nSPS) is 11.0. The van der Waals surface area contributed by atoms with Crippen LogP contribution in [0.5, 0.6) is 0 Å². The first-order valence-corrected chi connectivity index (χ1v) is 9.32. The lowest BCUT2D eigenvalue weighted by Gasteiger charge is -2.01. The molecule has 1 aromatic carbocycles. The molecule has 0 bridgehead atoms. The van der Waals surface area contributed by atoms with Gasteiger partial charge < -0.3 is 5.32 Å². The molecule has 0 saturated heterocycles. The minimum atomic E-state index is 0.770. The van der Waals surface area contributed by atoms with Gasteiger partial charge in [-0.05, 0) is 42.3 Å². The lowest BCUT2D eigenvalue weighted by Crippen LogP contribution is -1.88. The maximum atomic E-state index is 4.35. The maximum absolute atomic E-state index is 4.35. The molecule has 0 fully saturated rings. The van der Waals surface area contributed by atoms with Crippen LogP contribution in [-0.4, -0.2) is 20.2 Å². The quantitative estimate of drug-likeness (QED) is 0.532. The lowest BCUT2D eigenvalue weighted by molar-refractivity contribution is 1.01. The minimum Gasteiger partial charge on any atom is -0.330 e. The molecule has 0 aliphatic carbocycles. The summed E-state index contributed by atoms with van der Waals surface area (Å²) in [6, 6.07) is 10.2. The van der Waals surface area contributed by atoms with E-state index in [1.807, 2.05) is 23.6 Å². The van der Waals surface area contributed by atoms with E-state index in [0.717, 1.165) is 30.4 Å². The Morgan fingerprint density at radius 3 is 2.78 bits per heavy atom. The SMILES string of the molecule is Cc1ccc(Nc2nnc(Sc3ncnc4sccc34)s2)cc1. The Kier molecular flexibility index (Phi) is 3.94. The molecule has 0 radical (unpaired) electrons. The Morgan fingerprint density at radius 2 is 1.91 bits per heavy atom. The predicted molar refractivity (Wildman–Crippen MR) is 95.9 cm³/mol. The van der Waals surface area contributed by atoms with Crippen molar-refractivity contribution in [3.8, 4) is 0 Å². The molecule has 114 valence electrons. The summed E-state index contributed by atoms with van der Waals surface area (Å²) in [5, 5.41) is 16.5. The van der Waals surface area contributed by atoms with E-state index in [9.17, 15) is 0 Å². The number of aryl methyl sites for hydroxylation is 1. The van der Waals surface area contributed by atoms with Crippen LogP contribution in [0.15, 0.2) is 51.4 Å². The average Bonchev–Trinajstić information content (AvgIpc) is 3.19. The van der Waals surface area contributed by atoms with Gasteiger partial charge in [0.05, 0.1) is 0 Å². The van der Waals surface area contributed by atoms with E-state index in [1.54, 1.807) is 17.7 Å². The van der Waals surface area contributed by atoms with Crippen molar-refractivity contribution in [3.63, 3.8) is 0 Å². The zero-order valence-electron chi connectivity index (χ0n) is 12.1. The first kappa shape index (κ1) is 14.6. The van der Waals surface area contributed by atoms with Crippen LogP contribution in [0, 0.1) is 6.92 Å². The third kappa shape index (κ3) is 3.19. The number of fused-ring (bicyclic) bond motifs is 1. The number of thiophene rings is 1. The highest BCUT2D eigenvalue weighted by Gasteiger charge is 2.11. The fourth-order valence-corrected chi connectivity index (χ4v) is 4.55. The highest BCUT2D eigenvalue weighted by atomic mass is 32.2. The van der Waals surface area contributed by atoms with Crippen LogP contribution >= 0.6 is 34.4 Å². The molecule has 4 aromatic rings. The van der Waals surface area contributed by atoms with Gasteiger partial charge in [-0.3, -0.25) is 0 Å². The summed E-state index contributed by atoms with van der Waals surface area (Å²) in [5.74, 6) is 0. The van der Waals surface area contributed by atoms with E-state index in [0.29, 0.717) is 0 Å². The number of rotatable bonds is 4. The van der Waals surface area contributed by atoms with Gasteiger partial charge in [-0.25, -0.2) is 9.97 Å². The van der Waals surface area contributed by atoms with Crippen LogP contribution < -0.4 is 5.32 Å². The fraction of sp³-hybridized carbons (Fsp3) is 0.0667. The smallest absolute Gasteiger partial charge is 0.210 e. The summed E-state index contributed by atoms with van der Waals surface area (Å²) in [6.45, 7) is 2.07. The molecule has 0 unspecified atom stereocenters. The molecular formula is C15H11N5S3. The second-order valence-electron chi connectivity index (χ2n) is 4.78. The van der Waals surface area contributed by atoms with Crippen molar-refractivity contribution in [2.45, 2.75) is 16.3 Å². The fourth-order valence-electron chi connectivity index (χ4n) is 1.99. The number of nitrogens with one attached hydrogen (secondary N) is 1. The Balaban J connectivity index is 1.54. The molecular weight excluding hydrogens is 346 g/mol. The topological polar surface area (TPSA) is 63.6 Å². The van der Waals surface area contributed by atoms with Crippen molar-refractivity contribution in [1.82, 2.24) is 20.2 Å². The van der Waals surface area contributed by atoms with E-state index >= 15 is 0 Å². The van der Waals surface area contributed by atoms with E-state index in [2.05, 4.69) is 44.5 Å². The van der Waals surface area contributed by atoms with E-state index < -0.39 is 0 Å². The Labute approximate surface area is 144 Å². The summed E-state index contributed by atoms with van der Waals surface area (Å²) in [7, 11) is 0. The second-order valence-corrected chi connectivity index (χ2v) is 7.89. The van der Waals surface area contributed by atoms with Gasteiger partial charge in [0.1, 0.15) is 16.2 Å². The molecule has 3 aromatic heterocycles. The number of hydrogen-bond acceptors (Lipinski definition) is 8. The molecule has 3 heterocycles. The van der Waals surface area contributed by atoms with E-state index in [-0.39, 0.29) is 0 Å². The summed E-state index contributed by atoms with van der Waals surface area (Å²) >= 11 is 4.64. The number of hydrogen-bond donors (Lipinski definition) is 1. The van der Waals surface area contributed by atoms with Crippen molar-refractivity contribution in [2.75, 3.05) is 5.32 Å². The second kappa shape index (κ2) is 6.23. The standard InChI is InChI=1S/C15H11N5S3/c1-9-2-4-10(5-3-9)18-14-19-20-15(23-14)22-13-11-6-7-21-12(11)16-8-17-13/h2-8H,1H3,(H,18,19). The van der Waals surface area contributed by atoms with Crippen LogP contribution in [0.1, 0.15) is 5.56 Å². The molecule has 5 nitrogen and oxygen atoms in total. The highest BCUT2D eigenvalue weighted by molar-refractivity contribution is 8.01. The van der Waals surface area contributed by atoms with Crippen molar-refractivity contribution < 1.29 is 0 Å². The van der Waals surface area contributed by atoms with Crippen LogP contribution in [-0.2, 0) is 0 Å². The largest absolute Gasteiger partial charge is 0.330 e. The van der Waals surface area contributed by atoms with Crippen molar-refractivity contribution in [2.24, 2.45) is 0 Å². The van der Waals surface area contributed by atoms with Gasteiger partial charge in [0, 0.05) is 11.1 Å². The molecule has 1 N–H and O–H groups in total. The van der Waals surface area contributed by atoms with Crippen molar-refractivity contribution >= 4 is 55.5 Å². The highest BCUT2D eigenvalue weighted by Crippen LogP contribution is 2.35. The summed E-state index contributed by atoms with van der Waals surface area (Å²) in [5.41, 5.74) is 2.23. The monoisotopic (exact) mass is 357 g/mol. The molecule has 0 aliphatic heterocycles. The van der Waals surface area contributed by atoms with E-state index in [1.165, 1.54) is 28.7 Å².